The molecule has 7 heteroatoms. The Bertz CT molecular complexity index is 878. The van der Waals surface area contributed by atoms with Gasteiger partial charge in [0.05, 0.1) is 4.90 Å². The van der Waals surface area contributed by atoms with Gasteiger partial charge < -0.3 is 11.1 Å². The van der Waals surface area contributed by atoms with Crippen LogP contribution in [0.3, 0.4) is 0 Å². The lowest BCUT2D eigenvalue weighted by molar-refractivity contribution is -0.116. The van der Waals surface area contributed by atoms with E-state index in [4.69, 9.17) is 5.73 Å². The van der Waals surface area contributed by atoms with E-state index < -0.39 is 16.1 Å². The monoisotopic (exact) mass is 387 g/mol. The fourth-order valence-electron chi connectivity index (χ4n) is 3.22. The van der Waals surface area contributed by atoms with Crippen molar-refractivity contribution in [2.24, 2.45) is 5.73 Å². The molecule has 0 radical (unpaired) electrons. The second kappa shape index (κ2) is 8.65. The SMILES string of the molecule is NC(CC(=O)Nc1cccc(S(=O)(=O)N2CCCCC2)c1)c1ccccc1. The first-order valence-corrected chi connectivity index (χ1v) is 10.6. The van der Waals surface area contributed by atoms with Crippen LogP contribution in [-0.4, -0.2) is 31.7 Å². The number of carbonyl (C=O) groups is 1. The maximum Gasteiger partial charge on any atom is 0.243 e. The third-order valence-corrected chi connectivity index (χ3v) is 6.60. The molecule has 1 aliphatic heterocycles. The Morgan fingerprint density at radius 2 is 1.74 bits per heavy atom. The number of sulfonamides is 1. The van der Waals surface area contributed by atoms with Gasteiger partial charge in [-0.1, -0.05) is 42.8 Å². The number of piperidine rings is 1. The van der Waals surface area contributed by atoms with E-state index in [1.54, 1.807) is 18.2 Å². The average Bonchev–Trinajstić information content (AvgIpc) is 2.69. The number of nitrogens with one attached hydrogen (secondary N) is 1. The molecule has 0 saturated carbocycles. The molecule has 1 unspecified atom stereocenters. The van der Waals surface area contributed by atoms with Gasteiger partial charge in [0.25, 0.3) is 0 Å². The Kier molecular flexibility index (Phi) is 6.26. The second-order valence-corrected chi connectivity index (χ2v) is 8.70. The Hall–Kier alpha value is -2.22. The van der Waals surface area contributed by atoms with Crippen molar-refractivity contribution in [3.63, 3.8) is 0 Å². The van der Waals surface area contributed by atoms with Gasteiger partial charge >= 0.3 is 0 Å². The first-order valence-electron chi connectivity index (χ1n) is 9.17. The van der Waals surface area contributed by atoms with Gasteiger partial charge in [0.15, 0.2) is 0 Å². The summed E-state index contributed by atoms with van der Waals surface area (Å²) in [6, 6.07) is 15.4. The maximum absolute atomic E-state index is 12.8. The molecule has 1 aliphatic rings. The molecule has 144 valence electrons. The van der Waals surface area contributed by atoms with Crippen LogP contribution in [0.4, 0.5) is 5.69 Å². The molecule has 27 heavy (non-hydrogen) atoms. The molecule has 3 rings (SSSR count). The molecule has 0 aliphatic carbocycles. The molecule has 2 aromatic rings. The zero-order valence-corrected chi connectivity index (χ0v) is 16.0. The van der Waals surface area contributed by atoms with Crippen LogP contribution >= 0.6 is 0 Å². The van der Waals surface area contributed by atoms with Gasteiger partial charge in [0.2, 0.25) is 15.9 Å². The number of nitrogens with two attached hydrogens (primary N) is 1. The largest absolute Gasteiger partial charge is 0.326 e. The van der Waals surface area contributed by atoms with Crippen molar-refractivity contribution >= 4 is 21.6 Å². The lowest BCUT2D eigenvalue weighted by Crippen LogP contribution is -2.35. The molecule has 3 N–H and O–H groups in total. The van der Waals surface area contributed by atoms with Crippen LogP contribution < -0.4 is 11.1 Å². The van der Waals surface area contributed by atoms with E-state index in [1.807, 2.05) is 30.3 Å². The normalized spacial score (nSPS) is 16.6. The first kappa shape index (κ1) is 19.5. The van der Waals surface area contributed by atoms with E-state index in [2.05, 4.69) is 5.32 Å². The van der Waals surface area contributed by atoms with Crippen LogP contribution in [-0.2, 0) is 14.8 Å². The quantitative estimate of drug-likeness (QED) is 0.797. The standard InChI is InChI=1S/C20H25N3O3S/c21-19(16-8-3-1-4-9-16)15-20(24)22-17-10-7-11-18(14-17)27(25,26)23-12-5-2-6-13-23/h1,3-4,7-11,14,19H,2,5-6,12-13,15,21H2,(H,22,24). The summed E-state index contributed by atoms with van der Waals surface area (Å²) in [6.45, 7) is 1.09. The molecule has 0 spiro atoms. The van der Waals surface area contributed by atoms with Crippen molar-refractivity contribution in [1.29, 1.82) is 0 Å². The van der Waals surface area contributed by atoms with Gasteiger partial charge in [-0.05, 0) is 36.6 Å². The Labute approximate surface area is 160 Å². The van der Waals surface area contributed by atoms with Crippen LogP contribution in [0.5, 0.6) is 0 Å². The van der Waals surface area contributed by atoms with Crippen molar-refractivity contribution < 1.29 is 13.2 Å². The van der Waals surface area contributed by atoms with E-state index in [0.29, 0.717) is 18.8 Å². The Morgan fingerprint density at radius 1 is 1.04 bits per heavy atom. The van der Waals surface area contributed by atoms with E-state index in [-0.39, 0.29) is 17.2 Å². The zero-order valence-electron chi connectivity index (χ0n) is 15.2. The van der Waals surface area contributed by atoms with Crippen LogP contribution in [0.2, 0.25) is 0 Å². The van der Waals surface area contributed by atoms with E-state index in [9.17, 15) is 13.2 Å². The molecular formula is C20H25N3O3S. The molecule has 0 bridgehead atoms. The zero-order chi connectivity index (χ0) is 19.3. The topological polar surface area (TPSA) is 92.5 Å². The number of hydrogen-bond donors (Lipinski definition) is 2. The summed E-state index contributed by atoms with van der Waals surface area (Å²) in [5, 5.41) is 2.76. The fourth-order valence-corrected chi connectivity index (χ4v) is 4.78. The lowest BCUT2D eigenvalue weighted by atomic mass is 10.0. The summed E-state index contributed by atoms with van der Waals surface area (Å²) in [4.78, 5) is 12.5. The third-order valence-electron chi connectivity index (χ3n) is 4.70. The molecular weight excluding hydrogens is 362 g/mol. The predicted octanol–water partition coefficient (Wildman–Crippen LogP) is 2.89. The van der Waals surface area contributed by atoms with Gasteiger partial charge in [-0.15, -0.1) is 0 Å². The smallest absolute Gasteiger partial charge is 0.243 e. The minimum absolute atomic E-state index is 0.118. The summed E-state index contributed by atoms with van der Waals surface area (Å²) < 4.78 is 27.1. The van der Waals surface area contributed by atoms with Crippen LogP contribution in [0.1, 0.15) is 37.3 Å². The van der Waals surface area contributed by atoms with Crippen molar-refractivity contribution in [1.82, 2.24) is 4.31 Å². The molecule has 6 nitrogen and oxygen atoms in total. The summed E-state index contributed by atoms with van der Waals surface area (Å²) in [6.07, 6.45) is 2.94. The Balaban J connectivity index is 1.67. The number of rotatable bonds is 6. The van der Waals surface area contributed by atoms with Crippen LogP contribution in [0.25, 0.3) is 0 Å². The van der Waals surface area contributed by atoms with E-state index in [1.165, 1.54) is 10.4 Å². The van der Waals surface area contributed by atoms with Gasteiger partial charge in [0, 0.05) is 31.2 Å². The minimum atomic E-state index is -3.53. The van der Waals surface area contributed by atoms with Crippen molar-refractivity contribution in [2.45, 2.75) is 36.6 Å². The number of amides is 1. The summed E-state index contributed by atoms with van der Waals surface area (Å²) in [7, 11) is -3.53. The minimum Gasteiger partial charge on any atom is -0.326 e. The van der Waals surface area contributed by atoms with Gasteiger partial charge in [0.1, 0.15) is 0 Å². The highest BCUT2D eigenvalue weighted by molar-refractivity contribution is 7.89. The highest BCUT2D eigenvalue weighted by Crippen LogP contribution is 2.23. The molecule has 1 saturated heterocycles. The fraction of sp³-hybridized carbons (Fsp3) is 0.350. The number of hydrogen-bond acceptors (Lipinski definition) is 4. The molecule has 1 atom stereocenters. The highest BCUT2D eigenvalue weighted by Gasteiger charge is 2.26. The molecule has 2 aromatic carbocycles. The van der Waals surface area contributed by atoms with E-state index in [0.717, 1.165) is 24.8 Å². The third kappa shape index (κ3) is 4.94. The molecule has 1 amide bonds. The van der Waals surface area contributed by atoms with Gasteiger partial charge in [-0.25, -0.2) is 8.42 Å². The average molecular weight is 388 g/mol. The van der Waals surface area contributed by atoms with E-state index >= 15 is 0 Å². The number of carbonyl (C=O) groups excluding carboxylic acids is 1. The van der Waals surface area contributed by atoms with Crippen LogP contribution in [0.15, 0.2) is 59.5 Å². The number of nitrogens with zero attached hydrogens (tertiary/aromatic N) is 1. The first-order chi connectivity index (χ1) is 13.0. The lowest BCUT2D eigenvalue weighted by Gasteiger charge is -2.26. The molecule has 1 fully saturated rings. The van der Waals surface area contributed by atoms with Crippen molar-refractivity contribution in [3.8, 4) is 0 Å². The summed E-state index contributed by atoms with van der Waals surface area (Å²) >= 11 is 0. The number of anilines is 1. The van der Waals surface area contributed by atoms with Crippen LogP contribution in [0, 0.1) is 0 Å². The van der Waals surface area contributed by atoms with Gasteiger partial charge in [-0.3, -0.25) is 4.79 Å². The molecule has 0 aromatic heterocycles. The summed E-state index contributed by atoms with van der Waals surface area (Å²) in [5.74, 6) is -0.251. The predicted molar refractivity (Wildman–Crippen MR) is 106 cm³/mol. The maximum atomic E-state index is 12.8. The van der Waals surface area contributed by atoms with Crippen molar-refractivity contribution in [3.05, 3.63) is 60.2 Å². The second-order valence-electron chi connectivity index (χ2n) is 6.76. The van der Waals surface area contributed by atoms with Gasteiger partial charge in [-0.2, -0.15) is 4.31 Å². The number of benzene rings is 2. The molecule has 1 heterocycles. The highest BCUT2D eigenvalue weighted by atomic mass is 32.2. The Morgan fingerprint density at radius 3 is 2.44 bits per heavy atom. The summed E-state index contributed by atoms with van der Waals surface area (Å²) in [5.41, 5.74) is 7.42. The van der Waals surface area contributed by atoms with Crippen molar-refractivity contribution in [2.75, 3.05) is 18.4 Å².